The van der Waals surface area contributed by atoms with Crippen LogP contribution in [0.15, 0.2) is 46.9 Å². The molecular weight excluding hydrogens is 321 g/mol. The van der Waals surface area contributed by atoms with Crippen molar-refractivity contribution >= 4 is 33.2 Å². The molecule has 0 saturated heterocycles. The first-order valence-electron chi connectivity index (χ1n) is 4.93. The third-order valence-electron chi connectivity index (χ3n) is 2.17. The van der Waals surface area contributed by atoms with Crippen LogP contribution in [0.5, 0.6) is 11.5 Å². The van der Waals surface area contributed by atoms with E-state index in [-0.39, 0.29) is 5.69 Å². The van der Waals surface area contributed by atoms with Gasteiger partial charge in [0.1, 0.15) is 11.5 Å². The van der Waals surface area contributed by atoms with Crippen LogP contribution in [0.2, 0.25) is 5.02 Å². The summed E-state index contributed by atoms with van der Waals surface area (Å²) in [7, 11) is 0. The topological polar surface area (TPSA) is 52.4 Å². The molecule has 6 heteroatoms. The van der Waals surface area contributed by atoms with Crippen LogP contribution in [0.25, 0.3) is 0 Å². The summed E-state index contributed by atoms with van der Waals surface area (Å²) in [5.74, 6) is 0.985. The van der Waals surface area contributed by atoms with E-state index in [9.17, 15) is 10.1 Å². The molecule has 0 aromatic heterocycles. The number of non-ortho nitro benzene ring substituents is 1. The number of nitrogens with zero attached hydrogens (tertiary/aromatic N) is 1. The molecule has 18 heavy (non-hydrogen) atoms. The summed E-state index contributed by atoms with van der Waals surface area (Å²) in [6, 6.07) is 11.0. The highest BCUT2D eigenvalue weighted by Crippen LogP contribution is 2.32. The number of ether oxygens (including phenoxy) is 1. The second kappa shape index (κ2) is 5.37. The zero-order valence-corrected chi connectivity index (χ0v) is 11.3. The summed E-state index contributed by atoms with van der Waals surface area (Å²) in [6.07, 6.45) is 0. The van der Waals surface area contributed by atoms with Gasteiger partial charge in [0.2, 0.25) is 0 Å². The molecule has 2 aromatic carbocycles. The average molecular weight is 329 g/mol. The number of nitro benzene ring substituents is 1. The maximum absolute atomic E-state index is 10.5. The lowest BCUT2D eigenvalue weighted by molar-refractivity contribution is -0.384. The molecule has 0 heterocycles. The zero-order chi connectivity index (χ0) is 13.1. The Balaban J connectivity index is 2.21. The number of hydrogen-bond acceptors (Lipinski definition) is 3. The van der Waals surface area contributed by atoms with Crippen molar-refractivity contribution in [1.29, 1.82) is 0 Å². The predicted octanol–water partition coefficient (Wildman–Crippen LogP) is 4.80. The highest BCUT2D eigenvalue weighted by Gasteiger charge is 2.07. The van der Waals surface area contributed by atoms with Crippen molar-refractivity contribution in [3.8, 4) is 11.5 Å². The lowest BCUT2D eigenvalue weighted by atomic mass is 10.3. The molecule has 0 bridgehead atoms. The monoisotopic (exact) mass is 327 g/mol. The van der Waals surface area contributed by atoms with Gasteiger partial charge in [0.25, 0.3) is 5.69 Å². The van der Waals surface area contributed by atoms with Gasteiger partial charge in [-0.25, -0.2) is 0 Å². The van der Waals surface area contributed by atoms with Crippen LogP contribution < -0.4 is 4.74 Å². The summed E-state index contributed by atoms with van der Waals surface area (Å²) in [4.78, 5) is 10.0. The van der Waals surface area contributed by atoms with Crippen molar-refractivity contribution in [2.24, 2.45) is 0 Å². The molecule has 0 saturated carbocycles. The zero-order valence-electron chi connectivity index (χ0n) is 8.97. The van der Waals surface area contributed by atoms with Crippen LogP contribution in [0, 0.1) is 10.1 Å². The fourth-order valence-corrected chi connectivity index (χ4v) is 2.03. The molecule has 0 spiro atoms. The van der Waals surface area contributed by atoms with E-state index in [2.05, 4.69) is 15.9 Å². The summed E-state index contributed by atoms with van der Waals surface area (Å²) < 4.78 is 6.37. The molecule has 0 radical (unpaired) electrons. The Morgan fingerprint density at radius 3 is 2.39 bits per heavy atom. The second-order valence-electron chi connectivity index (χ2n) is 3.43. The molecule has 0 aliphatic rings. The standard InChI is InChI=1S/C12H7BrClNO3/c13-8-1-6-12(11(14)7-8)18-10-4-2-9(3-5-10)15(16)17/h1-7H. The highest BCUT2D eigenvalue weighted by molar-refractivity contribution is 9.10. The van der Waals surface area contributed by atoms with Crippen LogP contribution in [-0.4, -0.2) is 4.92 Å². The third-order valence-corrected chi connectivity index (χ3v) is 2.96. The Kier molecular flexibility index (Phi) is 3.84. The Morgan fingerprint density at radius 2 is 1.83 bits per heavy atom. The molecule has 0 unspecified atom stereocenters. The third kappa shape index (κ3) is 3.00. The SMILES string of the molecule is O=[N+]([O-])c1ccc(Oc2ccc(Br)cc2Cl)cc1. The quantitative estimate of drug-likeness (QED) is 0.600. The van der Waals surface area contributed by atoms with Gasteiger partial charge < -0.3 is 4.74 Å². The van der Waals surface area contributed by atoms with Crippen molar-refractivity contribution < 1.29 is 9.66 Å². The largest absolute Gasteiger partial charge is 0.456 e. The van der Waals surface area contributed by atoms with Gasteiger partial charge in [-0.1, -0.05) is 27.5 Å². The van der Waals surface area contributed by atoms with Crippen LogP contribution >= 0.6 is 27.5 Å². The minimum atomic E-state index is -0.462. The van der Waals surface area contributed by atoms with Crippen molar-refractivity contribution in [1.82, 2.24) is 0 Å². The molecule has 2 aromatic rings. The van der Waals surface area contributed by atoms with Gasteiger partial charge in [-0.15, -0.1) is 0 Å². The molecule has 0 amide bonds. The van der Waals surface area contributed by atoms with Crippen LogP contribution in [0.1, 0.15) is 0 Å². The van der Waals surface area contributed by atoms with Crippen molar-refractivity contribution in [2.45, 2.75) is 0 Å². The number of nitro groups is 1. The van der Waals surface area contributed by atoms with Crippen molar-refractivity contribution in [3.63, 3.8) is 0 Å². The van der Waals surface area contributed by atoms with E-state index in [0.29, 0.717) is 16.5 Å². The first-order chi connectivity index (χ1) is 8.56. The van der Waals surface area contributed by atoms with Gasteiger partial charge in [0.05, 0.1) is 9.95 Å². The van der Waals surface area contributed by atoms with Crippen LogP contribution in [0.4, 0.5) is 5.69 Å². The Bertz CT molecular complexity index is 586. The minimum Gasteiger partial charge on any atom is -0.456 e. The van der Waals surface area contributed by atoms with Gasteiger partial charge in [-0.3, -0.25) is 10.1 Å². The number of rotatable bonds is 3. The van der Waals surface area contributed by atoms with E-state index in [4.69, 9.17) is 16.3 Å². The molecule has 92 valence electrons. The summed E-state index contributed by atoms with van der Waals surface area (Å²) in [5, 5.41) is 11.0. The van der Waals surface area contributed by atoms with Crippen LogP contribution in [-0.2, 0) is 0 Å². The molecule has 0 fully saturated rings. The average Bonchev–Trinajstić information content (AvgIpc) is 2.33. The lowest BCUT2D eigenvalue weighted by Crippen LogP contribution is -1.88. The number of hydrogen-bond donors (Lipinski definition) is 0. The van der Waals surface area contributed by atoms with Gasteiger partial charge in [0.15, 0.2) is 0 Å². The molecule has 2 rings (SSSR count). The fraction of sp³-hybridized carbons (Fsp3) is 0. The van der Waals surface area contributed by atoms with E-state index in [1.54, 1.807) is 18.2 Å². The lowest BCUT2D eigenvalue weighted by Gasteiger charge is -2.07. The first-order valence-corrected chi connectivity index (χ1v) is 6.11. The molecule has 0 aliphatic heterocycles. The second-order valence-corrected chi connectivity index (χ2v) is 4.75. The smallest absolute Gasteiger partial charge is 0.269 e. The van der Waals surface area contributed by atoms with E-state index >= 15 is 0 Å². The van der Waals surface area contributed by atoms with E-state index in [1.165, 1.54) is 24.3 Å². The summed E-state index contributed by atoms with van der Waals surface area (Å²) in [5.41, 5.74) is 0.0178. The van der Waals surface area contributed by atoms with E-state index in [0.717, 1.165) is 4.47 Å². The van der Waals surface area contributed by atoms with Gasteiger partial charge in [-0.2, -0.15) is 0 Å². The van der Waals surface area contributed by atoms with Gasteiger partial charge in [0, 0.05) is 16.6 Å². The Morgan fingerprint density at radius 1 is 1.17 bits per heavy atom. The van der Waals surface area contributed by atoms with Gasteiger partial charge >= 0.3 is 0 Å². The molecule has 0 aliphatic carbocycles. The number of halogens is 2. The summed E-state index contributed by atoms with van der Waals surface area (Å²) >= 11 is 9.29. The maximum Gasteiger partial charge on any atom is 0.269 e. The Hall–Kier alpha value is -1.59. The molecular formula is C12H7BrClNO3. The Labute approximate surface area is 116 Å². The first kappa shape index (κ1) is 12.9. The van der Waals surface area contributed by atoms with Gasteiger partial charge in [-0.05, 0) is 30.3 Å². The fourth-order valence-electron chi connectivity index (χ4n) is 1.32. The molecule has 0 N–H and O–H groups in total. The molecule has 4 nitrogen and oxygen atoms in total. The van der Waals surface area contributed by atoms with Crippen LogP contribution in [0.3, 0.4) is 0 Å². The normalized spacial score (nSPS) is 10.1. The maximum atomic E-state index is 10.5. The van der Waals surface area contributed by atoms with E-state index in [1.807, 2.05) is 0 Å². The predicted molar refractivity (Wildman–Crippen MR) is 72.3 cm³/mol. The molecule has 0 atom stereocenters. The summed E-state index contributed by atoms with van der Waals surface area (Å²) in [6.45, 7) is 0. The van der Waals surface area contributed by atoms with E-state index < -0.39 is 4.92 Å². The van der Waals surface area contributed by atoms with Crippen molar-refractivity contribution in [2.75, 3.05) is 0 Å². The van der Waals surface area contributed by atoms with Crippen molar-refractivity contribution in [3.05, 3.63) is 62.1 Å². The minimum absolute atomic E-state index is 0.0178. The highest BCUT2D eigenvalue weighted by atomic mass is 79.9. The number of benzene rings is 2.